The van der Waals surface area contributed by atoms with E-state index in [1.807, 2.05) is 0 Å². The van der Waals surface area contributed by atoms with Gasteiger partial charge in [-0.25, -0.2) is 0 Å². The highest BCUT2D eigenvalue weighted by atomic mass is 19.4. The second kappa shape index (κ2) is 6.44. The minimum Gasteiger partial charge on any atom is -0.387 e. The molecule has 21 heavy (non-hydrogen) atoms. The summed E-state index contributed by atoms with van der Waals surface area (Å²) in [6.45, 7) is 0.727. The van der Waals surface area contributed by atoms with Crippen molar-refractivity contribution in [3.63, 3.8) is 0 Å². The van der Waals surface area contributed by atoms with Gasteiger partial charge in [-0.1, -0.05) is 12.1 Å². The van der Waals surface area contributed by atoms with Crippen LogP contribution >= 0.6 is 0 Å². The Hall–Kier alpha value is -1.60. The molecule has 116 valence electrons. The van der Waals surface area contributed by atoms with Gasteiger partial charge in [0, 0.05) is 25.6 Å². The first kappa shape index (κ1) is 15.8. The van der Waals surface area contributed by atoms with Gasteiger partial charge in [-0.2, -0.15) is 13.2 Å². The zero-order chi connectivity index (χ0) is 15.5. The molecule has 2 rings (SSSR count). The number of amides is 1. The SMILES string of the molecule is O=C1CCC(NCC(O)c2ccc(C(F)(F)F)cc2)CN1. The lowest BCUT2D eigenvalue weighted by molar-refractivity contribution is -0.137. The van der Waals surface area contributed by atoms with Crippen LogP contribution < -0.4 is 10.6 Å². The normalized spacial score (nSPS) is 21.0. The molecule has 0 saturated carbocycles. The maximum atomic E-state index is 12.4. The van der Waals surface area contributed by atoms with Crippen LogP contribution in [0.25, 0.3) is 0 Å². The second-order valence-corrected chi connectivity index (χ2v) is 5.08. The largest absolute Gasteiger partial charge is 0.416 e. The van der Waals surface area contributed by atoms with E-state index < -0.39 is 17.8 Å². The molecule has 1 saturated heterocycles. The smallest absolute Gasteiger partial charge is 0.387 e. The molecular formula is C14H17F3N2O2. The van der Waals surface area contributed by atoms with Gasteiger partial charge in [0.25, 0.3) is 0 Å². The van der Waals surface area contributed by atoms with Gasteiger partial charge in [-0.15, -0.1) is 0 Å². The number of hydrogen-bond acceptors (Lipinski definition) is 3. The number of hydrogen-bond donors (Lipinski definition) is 3. The highest BCUT2D eigenvalue weighted by Gasteiger charge is 2.30. The van der Waals surface area contributed by atoms with Crippen LogP contribution in [0.1, 0.15) is 30.1 Å². The third-order valence-electron chi connectivity index (χ3n) is 3.49. The molecule has 3 N–H and O–H groups in total. The Bertz CT molecular complexity index is 478. The number of piperidine rings is 1. The Labute approximate surface area is 120 Å². The topological polar surface area (TPSA) is 61.4 Å². The summed E-state index contributed by atoms with van der Waals surface area (Å²) in [6.07, 6.45) is -4.13. The summed E-state index contributed by atoms with van der Waals surface area (Å²) in [5.74, 6) is 0.0105. The van der Waals surface area contributed by atoms with Gasteiger partial charge in [0.05, 0.1) is 11.7 Å². The Balaban J connectivity index is 1.85. The lowest BCUT2D eigenvalue weighted by Gasteiger charge is -2.25. The van der Waals surface area contributed by atoms with Crippen LogP contribution in [0, 0.1) is 0 Å². The third-order valence-corrected chi connectivity index (χ3v) is 3.49. The number of alkyl halides is 3. The predicted molar refractivity (Wildman–Crippen MR) is 70.4 cm³/mol. The predicted octanol–water partition coefficient (Wildman–Crippen LogP) is 1.61. The highest BCUT2D eigenvalue weighted by molar-refractivity contribution is 5.76. The number of rotatable bonds is 4. The van der Waals surface area contributed by atoms with Crippen LogP contribution in [0.5, 0.6) is 0 Å². The van der Waals surface area contributed by atoms with Gasteiger partial charge >= 0.3 is 6.18 Å². The van der Waals surface area contributed by atoms with Crippen molar-refractivity contribution in [2.24, 2.45) is 0 Å². The Morgan fingerprint density at radius 3 is 2.52 bits per heavy atom. The molecule has 1 aromatic carbocycles. The molecule has 0 bridgehead atoms. The first-order valence-corrected chi connectivity index (χ1v) is 6.71. The van der Waals surface area contributed by atoms with Crippen LogP contribution in [0.3, 0.4) is 0 Å². The maximum absolute atomic E-state index is 12.4. The van der Waals surface area contributed by atoms with Gasteiger partial charge in [0.1, 0.15) is 0 Å². The molecule has 0 aromatic heterocycles. The molecule has 1 aliphatic rings. The first-order valence-electron chi connectivity index (χ1n) is 6.71. The van der Waals surface area contributed by atoms with E-state index in [0.29, 0.717) is 24.9 Å². The molecule has 1 aromatic rings. The van der Waals surface area contributed by atoms with Crippen molar-refractivity contribution in [2.75, 3.05) is 13.1 Å². The number of aliphatic hydroxyl groups excluding tert-OH is 1. The van der Waals surface area contributed by atoms with E-state index in [1.54, 1.807) is 0 Å². The fourth-order valence-corrected chi connectivity index (χ4v) is 2.20. The molecule has 1 heterocycles. The van der Waals surface area contributed by atoms with E-state index in [-0.39, 0.29) is 18.5 Å². The van der Waals surface area contributed by atoms with Crippen LogP contribution in [-0.2, 0) is 11.0 Å². The highest BCUT2D eigenvalue weighted by Crippen LogP contribution is 2.29. The summed E-state index contributed by atoms with van der Waals surface area (Å²) in [4.78, 5) is 11.0. The van der Waals surface area contributed by atoms with Crippen LogP contribution in [0.2, 0.25) is 0 Å². The minimum atomic E-state index is -4.37. The maximum Gasteiger partial charge on any atom is 0.416 e. The van der Waals surface area contributed by atoms with E-state index in [1.165, 1.54) is 12.1 Å². The molecule has 2 atom stereocenters. The lowest BCUT2D eigenvalue weighted by atomic mass is 10.0. The van der Waals surface area contributed by atoms with E-state index in [0.717, 1.165) is 12.1 Å². The van der Waals surface area contributed by atoms with Crippen molar-refractivity contribution in [3.05, 3.63) is 35.4 Å². The van der Waals surface area contributed by atoms with Crippen LogP contribution in [0.15, 0.2) is 24.3 Å². The molecule has 0 aliphatic carbocycles. The average molecular weight is 302 g/mol. The number of benzene rings is 1. The number of nitrogens with one attached hydrogen (secondary N) is 2. The molecular weight excluding hydrogens is 285 g/mol. The average Bonchev–Trinajstić information content (AvgIpc) is 2.45. The number of aliphatic hydroxyl groups is 1. The second-order valence-electron chi connectivity index (χ2n) is 5.08. The first-order chi connectivity index (χ1) is 9.86. The fourth-order valence-electron chi connectivity index (χ4n) is 2.20. The minimum absolute atomic E-state index is 0.0105. The van der Waals surface area contributed by atoms with E-state index in [4.69, 9.17) is 0 Å². The quantitative estimate of drug-likeness (QED) is 0.792. The molecule has 0 radical (unpaired) electrons. The third kappa shape index (κ3) is 4.44. The fraction of sp³-hybridized carbons (Fsp3) is 0.500. The van der Waals surface area contributed by atoms with Crippen molar-refractivity contribution >= 4 is 5.91 Å². The molecule has 1 aliphatic heterocycles. The van der Waals surface area contributed by atoms with Crippen molar-refractivity contribution in [1.82, 2.24) is 10.6 Å². The van der Waals surface area contributed by atoms with E-state index in [9.17, 15) is 23.1 Å². The molecule has 1 amide bonds. The Morgan fingerprint density at radius 2 is 2.00 bits per heavy atom. The Morgan fingerprint density at radius 1 is 1.33 bits per heavy atom. The van der Waals surface area contributed by atoms with Crippen molar-refractivity contribution in [1.29, 1.82) is 0 Å². The summed E-state index contributed by atoms with van der Waals surface area (Å²) in [5, 5.41) is 15.8. The monoisotopic (exact) mass is 302 g/mol. The summed E-state index contributed by atoms with van der Waals surface area (Å²) in [6, 6.07) is 4.54. The summed E-state index contributed by atoms with van der Waals surface area (Å²) < 4.78 is 37.3. The van der Waals surface area contributed by atoms with Crippen molar-refractivity contribution < 1.29 is 23.1 Å². The molecule has 2 unspecified atom stereocenters. The zero-order valence-corrected chi connectivity index (χ0v) is 11.3. The van der Waals surface area contributed by atoms with Gasteiger partial charge < -0.3 is 15.7 Å². The van der Waals surface area contributed by atoms with Crippen LogP contribution in [0.4, 0.5) is 13.2 Å². The number of carbonyl (C=O) groups is 1. The van der Waals surface area contributed by atoms with Gasteiger partial charge in [0.2, 0.25) is 5.91 Å². The lowest BCUT2D eigenvalue weighted by Crippen LogP contribution is -2.46. The van der Waals surface area contributed by atoms with Crippen molar-refractivity contribution in [3.8, 4) is 0 Å². The van der Waals surface area contributed by atoms with Crippen LogP contribution in [-0.4, -0.2) is 30.1 Å². The summed E-state index contributed by atoms with van der Waals surface area (Å²) >= 11 is 0. The van der Waals surface area contributed by atoms with Gasteiger partial charge in [-0.05, 0) is 24.1 Å². The Kier molecular flexibility index (Phi) is 4.84. The van der Waals surface area contributed by atoms with E-state index >= 15 is 0 Å². The number of halogens is 3. The standard InChI is InChI=1S/C14H17F3N2O2/c15-14(16,17)10-3-1-9(2-4-10)12(20)8-18-11-5-6-13(21)19-7-11/h1-4,11-12,18,20H,5-8H2,(H,19,21). The van der Waals surface area contributed by atoms with E-state index in [2.05, 4.69) is 10.6 Å². The molecule has 4 nitrogen and oxygen atoms in total. The molecule has 1 fully saturated rings. The summed E-state index contributed by atoms with van der Waals surface area (Å²) in [7, 11) is 0. The van der Waals surface area contributed by atoms with Crippen molar-refractivity contribution in [2.45, 2.75) is 31.2 Å². The number of carbonyl (C=O) groups excluding carboxylic acids is 1. The summed E-state index contributed by atoms with van der Waals surface area (Å²) in [5.41, 5.74) is -0.309. The molecule has 7 heteroatoms. The molecule has 0 spiro atoms. The van der Waals surface area contributed by atoms with Gasteiger partial charge in [0.15, 0.2) is 0 Å². The zero-order valence-electron chi connectivity index (χ0n) is 11.3. The van der Waals surface area contributed by atoms with Gasteiger partial charge in [-0.3, -0.25) is 4.79 Å².